The third-order valence-corrected chi connectivity index (χ3v) is 2.53. The minimum Gasteiger partial charge on any atom is -0.480 e. The van der Waals surface area contributed by atoms with E-state index in [1.54, 1.807) is 13.8 Å². The fraction of sp³-hybridized carbons (Fsp3) is 0.800. The molecule has 0 heterocycles. The Morgan fingerprint density at radius 1 is 1.35 bits per heavy atom. The van der Waals surface area contributed by atoms with Gasteiger partial charge in [-0.05, 0) is 33.7 Å². The third kappa shape index (κ3) is 3.89. The van der Waals surface area contributed by atoms with E-state index < -0.39 is 23.1 Å². The number of halogens is 3. The number of hydrogen-bond acceptors (Lipinski definition) is 3. The zero-order chi connectivity index (χ0) is 13.9. The van der Waals surface area contributed by atoms with Crippen LogP contribution in [-0.2, 0) is 4.79 Å². The molecular formula is C10H15F3N2O2. The summed E-state index contributed by atoms with van der Waals surface area (Å²) in [5, 5.41) is 19.2. The van der Waals surface area contributed by atoms with Gasteiger partial charge in [0.1, 0.15) is 0 Å². The highest BCUT2D eigenvalue weighted by molar-refractivity contribution is 5.79. The summed E-state index contributed by atoms with van der Waals surface area (Å²) in [4.78, 5) is 10.6. The van der Waals surface area contributed by atoms with Crippen LogP contribution in [0.4, 0.5) is 13.2 Å². The number of carboxylic acids is 1. The molecule has 1 atom stereocenters. The highest BCUT2D eigenvalue weighted by atomic mass is 19.4. The maximum absolute atomic E-state index is 12.5. The number of aliphatic carboxylic acids is 1. The molecular weight excluding hydrogens is 237 g/mol. The summed E-state index contributed by atoms with van der Waals surface area (Å²) in [6, 6.07) is 1.93. The lowest BCUT2D eigenvalue weighted by atomic mass is 9.91. The number of alkyl halides is 3. The van der Waals surface area contributed by atoms with Gasteiger partial charge in [-0.2, -0.15) is 18.4 Å². The zero-order valence-corrected chi connectivity index (χ0v) is 9.85. The van der Waals surface area contributed by atoms with Gasteiger partial charge in [0, 0.05) is 0 Å². The Bertz CT molecular complexity index is 333. The predicted molar refractivity (Wildman–Crippen MR) is 54.1 cm³/mol. The highest BCUT2D eigenvalue weighted by Crippen LogP contribution is 2.30. The molecule has 98 valence electrons. The van der Waals surface area contributed by atoms with Gasteiger partial charge in [-0.25, -0.2) is 4.79 Å². The Morgan fingerprint density at radius 3 is 2.12 bits per heavy atom. The summed E-state index contributed by atoms with van der Waals surface area (Å²) in [7, 11) is 0. The maximum atomic E-state index is 12.5. The van der Waals surface area contributed by atoms with Crippen molar-refractivity contribution < 1.29 is 23.1 Å². The number of nitrogens with zero attached hydrogens (tertiary/aromatic N) is 1. The molecule has 0 aromatic heterocycles. The highest BCUT2D eigenvalue weighted by Gasteiger charge is 2.57. The molecule has 0 bridgehead atoms. The van der Waals surface area contributed by atoms with E-state index in [4.69, 9.17) is 10.4 Å². The van der Waals surface area contributed by atoms with Gasteiger partial charge in [0.15, 0.2) is 0 Å². The normalized spacial score (nSPS) is 16.1. The first-order chi connectivity index (χ1) is 7.46. The molecule has 0 aliphatic heterocycles. The van der Waals surface area contributed by atoms with Crippen molar-refractivity contribution in [2.24, 2.45) is 5.41 Å². The van der Waals surface area contributed by atoms with Gasteiger partial charge >= 0.3 is 12.1 Å². The summed E-state index contributed by atoms with van der Waals surface area (Å²) in [5.74, 6) is -1.99. The van der Waals surface area contributed by atoms with Crippen LogP contribution in [0.5, 0.6) is 0 Å². The third-order valence-electron chi connectivity index (χ3n) is 2.53. The second-order valence-electron chi connectivity index (χ2n) is 4.60. The van der Waals surface area contributed by atoms with Gasteiger partial charge in [0.25, 0.3) is 0 Å². The standard InChI is InChI=1S/C10H15F3N2O2/c1-8(2,6-14)4-5-15-9(3,7(16)17)10(11,12)13/h15H,4-5H2,1-3H3,(H,16,17). The van der Waals surface area contributed by atoms with Crippen LogP contribution in [0.15, 0.2) is 0 Å². The average Bonchev–Trinajstić information content (AvgIpc) is 2.15. The quantitative estimate of drug-likeness (QED) is 0.784. The maximum Gasteiger partial charge on any atom is 0.417 e. The van der Waals surface area contributed by atoms with Crippen molar-refractivity contribution in [2.75, 3.05) is 6.54 Å². The monoisotopic (exact) mass is 252 g/mol. The van der Waals surface area contributed by atoms with E-state index in [0.717, 1.165) is 0 Å². The lowest BCUT2D eigenvalue weighted by Crippen LogP contribution is -2.60. The second-order valence-corrected chi connectivity index (χ2v) is 4.60. The number of nitrogens with one attached hydrogen (secondary N) is 1. The van der Waals surface area contributed by atoms with Crippen LogP contribution in [0.1, 0.15) is 27.2 Å². The molecule has 0 aliphatic carbocycles. The average molecular weight is 252 g/mol. The molecule has 0 spiro atoms. The SMILES string of the molecule is CC(C)(C#N)CCNC(C)(C(=O)O)C(F)(F)F. The molecule has 2 N–H and O–H groups in total. The molecule has 0 saturated carbocycles. The van der Waals surface area contributed by atoms with Crippen LogP contribution in [0.3, 0.4) is 0 Å². The van der Waals surface area contributed by atoms with Gasteiger partial charge in [0.2, 0.25) is 5.54 Å². The van der Waals surface area contributed by atoms with Gasteiger partial charge < -0.3 is 5.11 Å². The fourth-order valence-corrected chi connectivity index (χ4v) is 0.978. The summed E-state index contributed by atoms with van der Waals surface area (Å²) in [5.41, 5.74) is -3.78. The number of nitriles is 1. The summed E-state index contributed by atoms with van der Waals surface area (Å²) in [6.07, 6.45) is -4.77. The molecule has 0 aliphatic rings. The van der Waals surface area contributed by atoms with Crippen molar-refractivity contribution in [3.63, 3.8) is 0 Å². The molecule has 7 heteroatoms. The fourth-order valence-electron chi connectivity index (χ4n) is 0.978. The van der Waals surface area contributed by atoms with E-state index in [0.29, 0.717) is 6.92 Å². The zero-order valence-electron chi connectivity index (χ0n) is 9.85. The van der Waals surface area contributed by atoms with Gasteiger partial charge in [0.05, 0.1) is 11.5 Å². The van der Waals surface area contributed by atoms with Crippen molar-refractivity contribution >= 4 is 5.97 Å². The van der Waals surface area contributed by atoms with Crippen molar-refractivity contribution in [3.05, 3.63) is 0 Å². The molecule has 0 amide bonds. The number of rotatable bonds is 5. The summed E-state index contributed by atoms with van der Waals surface area (Å²) >= 11 is 0. The molecule has 0 aromatic rings. The Kier molecular flexibility index (Phi) is 4.55. The lowest BCUT2D eigenvalue weighted by Gasteiger charge is -2.29. The van der Waals surface area contributed by atoms with E-state index in [1.807, 2.05) is 11.4 Å². The van der Waals surface area contributed by atoms with Crippen molar-refractivity contribution in [3.8, 4) is 6.07 Å². The smallest absolute Gasteiger partial charge is 0.417 e. The number of carbonyl (C=O) groups is 1. The first kappa shape index (κ1) is 15.7. The molecule has 0 saturated heterocycles. The Balaban J connectivity index is 4.63. The number of hydrogen-bond donors (Lipinski definition) is 2. The van der Waals surface area contributed by atoms with Crippen LogP contribution in [0, 0.1) is 16.7 Å². The van der Waals surface area contributed by atoms with Gasteiger partial charge in [-0.3, -0.25) is 5.32 Å². The Labute approximate surface area is 97.4 Å². The molecule has 1 unspecified atom stereocenters. The minimum atomic E-state index is -4.89. The van der Waals surface area contributed by atoms with E-state index in [2.05, 4.69) is 0 Å². The van der Waals surface area contributed by atoms with E-state index >= 15 is 0 Å². The largest absolute Gasteiger partial charge is 0.480 e. The van der Waals surface area contributed by atoms with Crippen molar-refractivity contribution in [1.29, 1.82) is 5.26 Å². The van der Waals surface area contributed by atoms with Crippen LogP contribution in [-0.4, -0.2) is 29.3 Å². The number of carboxylic acid groups (broad SMARTS) is 1. The van der Waals surface area contributed by atoms with Gasteiger partial charge in [-0.1, -0.05) is 0 Å². The Hall–Kier alpha value is -1.29. The van der Waals surface area contributed by atoms with Crippen LogP contribution in [0.2, 0.25) is 0 Å². The van der Waals surface area contributed by atoms with E-state index in [1.165, 1.54) is 0 Å². The lowest BCUT2D eigenvalue weighted by molar-refractivity contribution is -0.206. The van der Waals surface area contributed by atoms with Crippen LogP contribution < -0.4 is 5.32 Å². The molecule has 4 nitrogen and oxygen atoms in total. The summed E-state index contributed by atoms with van der Waals surface area (Å²) in [6.45, 7) is 3.50. The molecule has 0 aromatic carbocycles. The Morgan fingerprint density at radius 2 is 1.82 bits per heavy atom. The van der Waals surface area contributed by atoms with Gasteiger partial charge in [-0.15, -0.1) is 0 Å². The van der Waals surface area contributed by atoms with Crippen LogP contribution in [0.25, 0.3) is 0 Å². The van der Waals surface area contributed by atoms with Crippen molar-refractivity contribution in [1.82, 2.24) is 5.32 Å². The van der Waals surface area contributed by atoms with E-state index in [9.17, 15) is 18.0 Å². The predicted octanol–water partition coefficient (Wildman–Crippen LogP) is 1.92. The first-order valence-corrected chi connectivity index (χ1v) is 4.93. The molecule has 0 fully saturated rings. The van der Waals surface area contributed by atoms with Crippen LogP contribution >= 0.6 is 0 Å². The summed E-state index contributed by atoms with van der Waals surface area (Å²) < 4.78 is 37.6. The minimum absolute atomic E-state index is 0.127. The van der Waals surface area contributed by atoms with Crippen molar-refractivity contribution in [2.45, 2.75) is 38.9 Å². The topological polar surface area (TPSA) is 73.1 Å². The molecule has 17 heavy (non-hydrogen) atoms. The second kappa shape index (κ2) is 4.92. The van der Waals surface area contributed by atoms with E-state index in [-0.39, 0.29) is 13.0 Å². The first-order valence-electron chi connectivity index (χ1n) is 4.93. The molecule has 0 radical (unpaired) electrons. The molecule has 0 rings (SSSR count).